The van der Waals surface area contributed by atoms with E-state index in [4.69, 9.17) is 0 Å². The zero-order valence-electron chi connectivity index (χ0n) is 12.6. The first-order chi connectivity index (χ1) is 11.0. The van der Waals surface area contributed by atoms with E-state index in [1.165, 1.54) is 12.4 Å². The predicted molar refractivity (Wildman–Crippen MR) is 91.6 cm³/mol. The lowest BCUT2D eigenvalue weighted by Gasteiger charge is -2.09. The number of rotatable bonds is 4. The minimum Gasteiger partial charge on any atom is -0.349 e. The van der Waals surface area contributed by atoms with E-state index >= 15 is 0 Å². The van der Waals surface area contributed by atoms with Crippen LogP contribution in [0.4, 0.5) is 5.69 Å². The lowest BCUT2D eigenvalue weighted by Crippen LogP contribution is -2.26. The minimum atomic E-state index is -0.288. The number of hydrogen-bond acceptors (Lipinski definition) is 3. The van der Waals surface area contributed by atoms with Crippen LogP contribution in [0, 0.1) is 6.92 Å². The average molecular weight is 374 g/mol. The van der Waals surface area contributed by atoms with Crippen molar-refractivity contribution in [3.05, 3.63) is 57.8 Å². The number of aromatic nitrogens is 1. The van der Waals surface area contributed by atoms with Crippen molar-refractivity contribution >= 4 is 33.4 Å². The van der Waals surface area contributed by atoms with Crippen LogP contribution in [-0.2, 0) is 0 Å². The molecule has 1 saturated carbocycles. The van der Waals surface area contributed by atoms with E-state index < -0.39 is 0 Å². The van der Waals surface area contributed by atoms with E-state index in [1.54, 1.807) is 6.07 Å². The Morgan fingerprint density at radius 1 is 1.13 bits per heavy atom. The molecular formula is C17H16BrN3O2. The van der Waals surface area contributed by atoms with Gasteiger partial charge >= 0.3 is 0 Å². The Morgan fingerprint density at radius 2 is 1.83 bits per heavy atom. The second-order valence-corrected chi connectivity index (χ2v) is 6.54. The monoisotopic (exact) mass is 373 g/mol. The Balaban J connectivity index is 1.75. The second-order valence-electron chi connectivity index (χ2n) is 5.62. The molecule has 0 unspecified atom stereocenters. The molecule has 0 aliphatic heterocycles. The van der Waals surface area contributed by atoms with Gasteiger partial charge in [-0.3, -0.25) is 14.6 Å². The molecule has 2 N–H and O–H groups in total. The van der Waals surface area contributed by atoms with Gasteiger partial charge in [0.1, 0.15) is 0 Å². The van der Waals surface area contributed by atoms with E-state index in [2.05, 4.69) is 31.5 Å². The summed E-state index contributed by atoms with van der Waals surface area (Å²) in [5.74, 6) is -0.474. The van der Waals surface area contributed by atoms with Crippen LogP contribution in [0.5, 0.6) is 0 Å². The standard InChI is InChI=1S/C17H16BrN3O2/c1-10-6-13(18)2-5-15(10)21-17(23)12-7-11(8-19-9-12)16(22)20-14-3-4-14/h2,5-9,14H,3-4H2,1H3,(H,20,22)(H,21,23). The molecule has 5 nitrogen and oxygen atoms in total. The number of nitrogens with one attached hydrogen (secondary N) is 2. The van der Waals surface area contributed by atoms with Crippen LogP contribution in [0.3, 0.4) is 0 Å². The van der Waals surface area contributed by atoms with Crippen LogP contribution in [-0.4, -0.2) is 22.8 Å². The molecule has 0 atom stereocenters. The fourth-order valence-electron chi connectivity index (χ4n) is 2.15. The van der Waals surface area contributed by atoms with E-state index in [0.717, 1.165) is 28.6 Å². The van der Waals surface area contributed by atoms with Crippen LogP contribution < -0.4 is 10.6 Å². The molecule has 1 heterocycles. The highest BCUT2D eigenvalue weighted by molar-refractivity contribution is 9.10. The molecule has 1 aliphatic rings. The third-order valence-corrected chi connectivity index (χ3v) is 4.11. The van der Waals surface area contributed by atoms with E-state index in [1.807, 2.05) is 25.1 Å². The zero-order valence-corrected chi connectivity index (χ0v) is 14.2. The van der Waals surface area contributed by atoms with Crippen molar-refractivity contribution in [3.63, 3.8) is 0 Å². The smallest absolute Gasteiger partial charge is 0.257 e. The van der Waals surface area contributed by atoms with Crippen LogP contribution in [0.25, 0.3) is 0 Å². The highest BCUT2D eigenvalue weighted by Crippen LogP contribution is 2.21. The number of anilines is 1. The predicted octanol–water partition coefficient (Wildman–Crippen LogP) is 3.30. The molecule has 23 heavy (non-hydrogen) atoms. The van der Waals surface area contributed by atoms with Crippen LogP contribution in [0.15, 0.2) is 41.1 Å². The van der Waals surface area contributed by atoms with Crippen molar-refractivity contribution in [2.24, 2.45) is 0 Å². The third kappa shape index (κ3) is 3.96. The van der Waals surface area contributed by atoms with E-state index in [-0.39, 0.29) is 17.9 Å². The average Bonchev–Trinajstić information content (AvgIpc) is 3.34. The van der Waals surface area contributed by atoms with E-state index in [0.29, 0.717) is 11.1 Å². The maximum atomic E-state index is 12.4. The Labute approximate surface area is 142 Å². The van der Waals surface area contributed by atoms with Crippen LogP contribution >= 0.6 is 15.9 Å². The van der Waals surface area contributed by atoms with Crippen molar-refractivity contribution in [2.75, 3.05) is 5.32 Å². The normalized spacial score (nSPS) is 13.5. The quantitative estimate of drug-likeness (QED) is 0.863. The van der Waals surface area contributed by atoms with Gasteiger partial charge in [0, 0.05) is 28.6 Å². The summed E-state index contributed by atoms with van der Waals surface area (Å²) in [6.07, 6.45) is 4.96. The summed E-state index contributed by atoms with van der Waals surface area (Å²) in [5, 5.41) is 5.73. The largest absolute Gasteiger partial charge is 0.349 e. The molecule has 1 aliphatic carbocycles. The number of benzene rings is 1. The molecule has 3 rings (SSSR count). The molecule has 1 fully saturated rings. The fraction of sp³-hybridized carbons (Fsp3) is 0.235. The number of pyridine rings is 1. The minimum absolute atomic E-state index is 0.186. The number of hydrogen-bond donors (Lipinski definition) is 2. The SMILES string of the molecule is Cc1cc(Br)ccc1NC(=O)c1cncc(C(=O)NC2CC2)c1. The number of carbonyl (C=O) groups is 2. The lowest BCUT2D eigenvalue weighted by atomic mass is 10.1. The van der Waals surface area contributed by atoms with Crippen molar-refractivity contribution in [1.29, 1.82) is 0 Å². The molecule has 0 bridgehead atoms. The van der Waals surface area contributed by atoms with Gasteiger partial charge in [-0.1, -0.05) is 15.9 Å². The lowest BCUT2D eigenvalue weighted by molar-refractivity contribution is 0.0950. The first-order valence-electron chi connectivity index (χ1n) is 7.36. The summed E-state index contributed by atoms with van der Waals surface area (Å²) in [7, 11) is 0. The molecule has 0 spiro atoms. The number of aryl methyl sites for hydroxylation is 1. The zero-order chi connectivity index (χ0) is 16.4. The maximum Gasteiger partial charge on any atom is 0.257 e. The first-order valence-corrected chi connectivity index (χ1v) is 8.15. The van der Waals surface area contributed by atoms with Crippen molar-refractivity contribution in [3.8, 4) is 0 Å². The molecule has 6 heteroatoms. The molecule has 0 radical (unpaired) electrons. The Kier molecular flexibility index (Phi) is 4.43. The third-order valence-electron chi connectivity index (χ3n) is 3.61. The van der Waals surface area contributed by atoms with Crippen molar-refractivity contribution in [1.82, 2.24) is 10.3 Å². The Hall–Kier alpha value is -2.21. The van der Waals surface area contributed by atoms with Gasteiger partial charge in [0.2, 0.25) is 0 Å². The number of carbonyl (C=O) groups excluding carboxylic acids is 2. The van der Waals surface area contributed by atoms with Crippen molar-refractivity contribution < 1.29 is 9.59 Å². The molecular weight excluding hydrogens is 358 g/mol. The Bertz CT molecular complexity index is 772. The molecule has 1 aromatic heterocycles. The summed E-state index contributed by atoms with van der Waals surface area (Å²) in [6.45, 7) is 1.91. The summed E-state index contributed by atoms with van der Waals surface area (Å²) in [6, 6.07) is 7.45. The van der Waals surface area contributed by atoms with Crippen molar-refractivity contribution in [2.45, 2.75) is 25.8 Å². The van der Waals surface area contributed by atoms with Gasteiger partial charge in [0.25, 0.3) is 11.8 Å². The van der Waals surface area contributed by atoms with Crippen LogP contribution in [0.1, 0.15) is 39.1 Å². The topological polar surface area (TPSA) is 71.1 Å². The number of nitrogens with zero attached hydrogens (tertiary/aromatic N) is 1. The van der Waals surface area contributed by atoms with Gasteiger partial charge in [-0.2, -0.15) is 0 Å². The molecule has 0 saturated heterocycles. The van der Waals surface area contributed by atoms with E-state index in [9.17, 15) is 9.59 Å². The number of halogens is 1. The second kappa shape index (κ2) is 6.50. The molecule has 2 aromatic rings. The maximum absolute atomic E-state index is 12.4. The molecule has 118 valence electrons. The summed E-state index contributed by atoms with van der Waals surface area (Å²) < 4.78 is 0.952. The Morgan fingerprint density at radius 3 is 2.48 bits per heavy atom. The summed E-state index contributed by atoms with van der Waals surface area (Å²) in [4.78, 5) is 28.4. The van der Waals surface area contributed by atoms with Gasteiger partial charge < -0.3 is 10.6 Å². The highest BCUT2D eigenvalue weighted by atomic mass is 79.9. The van der Waals surface area contributed by atoms with Crippen LogP contribution in [0.2, 0.25) is 0 Å². The highest BCUT2D eigenvalue weighted by Gasteiger charge is 2.24. The van der Waals surface area contributed by atoms with Gasteiger partial charge in [-0.05, 0) is 49.6 Å². The molecule has 2 amide bonds. The van der Waals surface area contributed by atoms with Gasteiger partial charge in [0.15, 0.2) is 0 Å². The first kappa shape index (κ1) is 15.7. The van der Waals surface area contributed by atoms with Gasteiger partial charge in [0.05, 0.1) is 11.1 Å². The van der Waals surface area contributed by atoms with Gasteiger partial charge in [-0.15, -0.1) is 0 Å². The summed E-state index contributed by atoms with van der Waals surface area (Å²) in [5.41, 5.74) is 2.43. The van der Waals surface area contributed by atoms with Gasteiger partial charge in [-0.25, -0.2) is 0 Å². The fourth-order valence-corrected chi connectivity index (χ4v) is 2.62. The summed E-state index contributed by atoms with van der Waals surface area (Å²) >= 11 is 3.39. The number of amides is 2. The molecule has 1 aromatic carbocycles.